The van der Waals surface area contributed by atoms with E-state index in [2.05, 4.69) is 15.3 Å². The van der Waals surface area contributed by atoms with Crippen LogP contribution in [0.15, 0.2) is 30.6 Å². The lowest BCUT2D eigenvalue weighted by Gasteiger charge is -2.26. The zero-order valence-electron chi connectivity index (χ0n) is 14.5. The Kier molecular flexibility index (Phi) is 5.33. The first-order valence-electron chi connectivity index (χ1n) is 8.31. The van der Waals surface area contributed by atoms with Gasteiger partial charge in [-0.05, 0) is 31.4 Å². The Morgan fingerprint density at radius 1 is 1.08 bits per heavy atom. The number of anilines is 2. The maximum atomic E-state index is 12.6. The first-order valence-corrected chi connectivity index (χ1v) is 8.31. The lowest BCUT2D eigenvalue weighted by Crippen LogP contribution is -2.36. The van der Waals surface area contributed by atoms with Crippen LogP contribution >= 0.6 is 0 Å². The highest BCUT2D eigenvalue weighted by atomic mass is 16.5. The summed E-state index contributed by atoms with van der Waals surface area (Å²) in [5.74, 6) is 1.83. The van der Waals surface area contributed by atoms with Crippen molar-refractivity contribution in [2.45, 2.75) is 19.3 Å². The van der Waals surface area contributed by atoms with E-state index in [1.54, 1.807) is 20.3 Å². The first-order chi connectivity index (χ1) is 12.2. The van der Waals surface area contributed by atoms with Gasteiger partial charge in [0.25, 0.3) is 5.91 Å². The second kappa shape index (κ2) is 7.83. The van der Waals surface area contributed by atoms with Gasteiger partial charge in [-0.3, -0.25) is 4.79 Å². The number of nitrogens with one attached hydrogen (secondary N) is 1. The van der Waals surface area contributed by atoms with Crippen molar-refractivity contribution in [2.75, 3.05) is 32.6 Å². The number of ether oxygens (including phenoxy) is 2. The number of amides is 1. The second-order valence-corrected chi connectivity index (χ2v) is 5.83. The smallest absolute Gasteiger partial charge is 0.272 e. The van der Waals surface area contributed by atoms with E-state index in [-0.39, 0.29) is 5.91 Å². The maximum absolute atomic E-state index is 12.6. The average Bonchev–Trinajstić information content (AvgIpc) is 2.68. The molecule has 132 valence electrons. The fourth-order valence-corrected chi connectivity index (χ4v) is 2.85. The van der Waals surface area contributed by atoms with Crippen LogP contribution in [-0.4, -0.2) is 48.1 Å². The van der Waals surface area contributed by atoms with Gasteiger partial charge < -0.3 is 19.7 Å². The third kappa shape index (κ3) is 3.99. The van der Waals surface area contributed by atoms with Gasteiger partial charge in [0.1, 0.15) is 29.3 Å². The summed E-state index contributed by atoms with van der Waals surface area (Å²) in [7, 11) is 3.20. The number of hydrogen-bond donors (Lipinski definition) is 1. The molecule has 25 heavy (non-hydrogen) atoms. The summed E-state index contributed by atoms with van der Waals surface area (Å²) in [6.45, 7) is 1.57. The lowest BCUT2D eigenvalue weighted by molar-refractivity contribution is 0.0718. The molecule has 1 amide bonds. The van der Waals surface area contributed by atoms with E-state index in [4.69, 9.17) is 9.47 Å². The Bertz CT molecular complexity index is 745. The summed E-state index contributed by atoms with van der Waals surface area (Å²) in [5.41, 5.74) is 1.10. The average molecular weight is 342 g/mol. The fraction of sp³-hybridized carbons (Fsp3) is 0.389. The van der Waals surface area contributed by atoms with Crippen molar-refractivity contribution in [1.29, 1.82) is 0 Å². The van der Waals surface area contributed by atoms with Gasteiger partial charge in [0.05, 0.1) is 19.9 Å². The van der Waals surface area contributed by atoms with Crippen LogP contribution in [0.25, 0.3) is 0 Å². The first kappa shape index (κ1) is 17.0. The number of benzene rings is 1. The number of nitrogens with zero attached hydrogens (tertiary/aromatic N) is 3. The standard InChI is InChI=1S/C18H22N4O3/c1-24-13-6-7-16(25-2)14(10-13)21-17-11-15(19-12-20-17)18(23)22-8-4-3-5-9-22/h6-7,10-12H,3-5,8-9H2,1-2H3,(H,19,20,21). The Morgan fingerprint density at radius 3 is 2.60 bits per heavy atom. The number of methoxy groups -OCH3 is 2. The van der Waals surface area contributed by atoms with E-state index >= 15 is 0 Å². The van der Waals surface area contributed by atoms with E-state index in [1.165, 1.54) is 12.7 Å². The van der Waals surface area contributed by atoms with Gasteiger partial charge in [-0.1, -0.05) is 0 Å². The van der Waals surface area contributed by atoms with Gasteiger partial charge in [0.2, 0.25) is 0 Å². The minimum Gasteiger partial charge on any atom is -0.497 e. The fourth-order valence-electron chi connectivity index (χ4n) is 2.85. The third-order valence-corrected chi connectivity index (χ3v) is 4.20. The summed E-state index contributed by atoms with van der Waals surface area (Å²) in [4.78, 5) is 22.8. The molecule has 2 heterocycles. The summed E-state index contributed by atoms with van der Waals surface area (Å²) >= 11 is 0. The Balaban J connectivity index is 1.81. The largest absolute Gasteiger partial charge is 0.497 e. The van der Waals surface area contributed by atoms with E-state index in [0.717, 1.165) is 25.9 Å². The van der Waals surface area contributed by atoms with E-state index in [0.29, 0.717) is 28.7 Å². The van der Waals surface area contributed by atoms with Gasteiger partial charge >= 0.3 is 0 Å². The van der Waals surface area contributed by atoms with Gasteiger partial charge in [0.15, 0.2) is 0 Å². The summed E-state index contributed by atoms with van der Waals surface area (Å²) in [5, 5.41) is 3.17. The van der Waals surface area contributed by atoms with Gasteiger partial charge in [0, 0.05) is 25.2 Å². The molecular formula is C18H22N4O3. The third-order valence-electron chi connectivity index (χ3n) is 4.20. The molecule has 1 saturated heterocycles. The topological polar surface area (TPSA) is 76.6 Å². The molecule has 7 nitrogen and oxygen atoms in total. The molecule has 7 heteroatoms. The normalized spacial score (nSPS) is 14.1. The van der Waals surface area contributed by atoms with Crippen molar-refractivity contribution < 1.29 is 14.3 Å². The molecule has 0 unspecified atom stereocenters. The quantitative estimate of drug-likeness (QED) is 0.900. The number of piperidine rings is 1. The van der Waals surface area contributed by atoms with Gasteiger partial charge in [-0.15, -0.1) is 0 Å². The summed E-state index contributed by atoms with van der Waals surface area (Å²) in [6.07, 6.45) is 4.66. The van der Waals surface area contributed by atoms with Crippen LogP contribution in [0.4, 0.5) is 11.5 Å². The molecule has 0 aliphatic carbocycles. The Labute approximate surface area is 147 Å². The zero-order valence-corrected chi connectivity index (χ0v) is 14.5. The zero-order chi connectivity index (χ0) is 17.6. The van der Waals surface area contributed by atoms with Crippen molar-refractivity contribution in [3.63, 3.8) is 0 Å². The predicted molar refractivity (Wildman–Crippen MR) is 94.6 cm³/mol. The van der Waals surface area contributed by atoms with Gasteiger partial charge in [-0.2, -0.15) is 0 Å². The molecule has 0 saturated carbocycles. The highest BCUT2D eigenvalue weighted by Gasteiger charge is 2.20. The lowest BCUT2D eigenvalue weighted by atomic mass is 10.1. The molecule has 0 bridgehead atoms. The second-order valence-electron chi connectivity index (χ2n) is 5.83. The van der Waals surface area contributed by atoms with Crippen LogP contribution in [-0.2, 0) is 0 Å². The van der Waals surface area contributed by atoms with Crippen LogP contribution in [0.5, 0.6) is 11.5 Å². The number of hydrogen-bond acceptors (Lipinski definition) is 6. The SMILES string of the molecule is COc1ccc(OC)c(Nc2cc(C(=O)N3CCCCC3)ncn2)c1. The molecule has 1 fully saturated rings. The molecule has 1 aromatic carbocycles. The number of aromatic nitrogens is 2. The Morgan fingerprint density at radius 2 is 1.88 bits per heavy atom. The molecule has 1 aliphatic heterocycles. The van der Waals surface area contributed by atoms with Gasteiger partial charge in [-0.25, -0.2) is 9.97 Å². The highest BCUT2D eigenvalue weighted by Crippen LogP contribution is 2.31. The van der Waals surface area contributed by atoms with E-state index in [1.807, 2.05) is 23.1 Å². The minimum absolute atomic E-state index is 0.0530. The molecular weight excluding hydrogens is 320 g/mol. The number of likely N-dealkylation sites (tertiary alicyclic amines) is 1. The van der Waals surface area contributed by atoms with E-state index in [9.17, 15) is 4.79 Å². The van der Waals surface area contributed by atoms with Crippen LogP contribution < -0.4 is 14.8 Å². The van der Waals surface area contributed by atoms with Crippen LogP contribution in [0.2, 0.25) is 0 Å². The van der Waals surface area contributed by atoms with Crippen molar-refractivity contribution in [1.82, 2.24) is 14.9 Å². The number of rotatable bonds is 5. The van der Waals surface area contributed by atoms with Crippen LogP contribution in [0, 0.1) is 0 Å². The van der Waals surface area contributed by atoms with Crippen molar-refractivity contribution >= 4 is 17.4 Å². The van der Waals surface area contributed by atoms with Crippen molar-refractivity contribution in [3.8, 4) is 11.5 Å². The molecule has 0 radical (unpaired) electrons. The monoisotopic (exact) mass is 342 g/mol. The highest BCUT2D eigenvalue weighted by molar-refractivity contribution is 5.93. The molecule has 1 aliphatic rings. The molecule has 0 spiro atoms. The molecule has 0 atom stereocenters. The van der Waals surface area contributed by atoms with E-state index < -0.39 is 0 Å². The Hall–Kier alpha value is -2.83. The molecule has 2 aromatic rings. The molecule has 1 aromatic heterocycles. The minimum atomic E-state index is -0.0530. The number of carbonyl (C=O) groups is 1. The summed E-state index contributed by atoms with van der Waals surface area (Å²) < 4.78 is 10.6. The van der Waals surface area contributed by atoms with Crippen LogP contribution in [0.1, 0.15) is 29.8 Å². The molecule has 3 rings (SSSR count). The van der Waals surface area contributed by atoms with Crippen molar-refractivity contribution in [2.24, 2.45) is 0 Å². The maximum Gasteiger partial charge on any atom is 0.272 e. The predicted octanol–water partition coefficient (Wildman–Crippen LogP) is 2.86. The van der Waals surface area contributed by atoms with Crippen molar-refractivity contribution in [3.05, 3.63) is 36.3 Å². The summed E-state index contributed by atoms with van der Waals surface area (Å²) in [6, 6.07) is 7.10. The number of carbonyl (C=O) groups excluding carboxylic acids is 1. The molecule has 1 N–H and O–H groups in total. The van der Waals surface area contributed by atoms with Crippen LogP contribution in [0.3, 0.4) is 0 Å².